The molecule has 2 unspecified atom stereocenters. The van der Waals surface area contributed by atoms with E-state index >= 15 is 0 Å². The van der Waals surface area contributed by atoms with Gasteiger partial charge in [-0.15, -0.1) is 0 Å². The van der Waals surface area contributed by atoms with Gasteiger partial charge in [0.05, 0.1) is 5.25 Å². The molecular weight excluding hydrogens is 212 g/mol. The van der Waals surface area contributed by atoms with Crippen LogP contribution in [-0.2, 0) is 10.0 Å². The first-order valence-electron chi connectivity index (χ1n) is 5.65. The van der Waals surface area contributed by atoms with Gasteiger partial charge in [0.1, 0.15) is 0 Å². The SMILES string of the molecule is CCCC(C)NS(=O)(=O)C(C)CNCC. The fourth-order valence-corrected chi connectivity index (χ4v) is 2.59. The van der Waals surface area contributed by atoms with Crippen molar-refractivity contribution in [2.24, 2.45) is 0 Å². The van der Waals surface area contributed by atoms with Crippen LogP contribution in [-0.4, -0.2) is 32.8 Å². The van der Waals surface area contributed by atoms with Gasteiger partial charge in [0.25, 0.3) is 0 Å². The number of sulfonamides is 1. The highest BCUT2D eigenvalue weighted by atomic mass is 32.2. The van der Waals surface area contributed by atoms with Crippen molar-refractivity contribution in [3.63, 3.8) is 0 Å². The molecule has 0 saturated heterocycles. The molecule has 0 heterocycles. The summed E-state index contributed by atoms with van der Waals surface area (Å²) in [5.74, 6) is 0. The van der Waals surface area contributed by atoms with Crippen LogP contribution in [0.2, 0.25) is 0 Å². The molecule has 0 rings (SSSR count). The molecule has 0 aliphatic rings. The van der Waals surface area contributed by atoms with Gasteiger partial charge in [-0.25, -0.2) is 13.1 Å². The average Bonchev–Trinajstić information content (AvgIpc) is 2.13. The zero-order valence-electron chi connectivity index (χ0n) is 10.2. The zero-order valence-corrected chi connectivity index (χ0v) is 11.0. The third-order valence-corrected chi connectivity index (χ3v) is 4.26. The fraction of sp³-hybridized carbons (Fsp3) is 1.00. The Hall–Kier alpha value is -0.130. The van der Waals surface area contributed by atoms with Crippen molar-refractivity contribution in [3.05, 3.63) is 0 Å². The Balaban J connectivity index is 4.16. The zero-order chi connectivity index (χ0) is 11.9. The van der Waals surface area contributed by atoms with E-state index in [0.717, 1.165) is 19.4 Å². The quantitative estimate of drug-likeness (QED) is 0.663. The van der Waals surface area contributed by atoms with Crippen LogP contribution in [0.25, 0.3) is 0 Å². The van der Waals surface area contributed by atoms with Crippen LogP contribution >= 0.6 is 0 Å². The van der Waals surface area contributed by atoms with Crippen LogP contribution in [0.3, 0.4) is 0 Å². The molecule has 0 amide bonds. The van der Waals surface area contributed by atoms with Gasteiger partial charge >= 0.3 is 0 Å². The highest BCUT2D eigenvalue weighted by Crippen LogP contribution is 2.02. The molecule has 0 radical (unpaired) electrons. The minimum absolute atomic E-state index is 0.0316. The Morgan fingerprint density at radius 1 is 1.20 bits per heavy atom. The fourth-order valence-electron chi connectivity index (χ4n) is 1.35. The molecule has 0 aromatic carbocycles. The number of rotatable bonds is 8. The van der Waals surface area contributed by atoms with Gasteiger partial charge in [0.2, 0.25) is 10.0 Å². The van der Waals surface area contributed by atoms with Gasteiger partial charge in [-0.05, 0) is 26.8 Å². The van der Waals surface area contributed by atoms with E-state index in [4.69, 9.17) is 0 Å². The second kappa shape index (κ2) is 7.19. The van der Waals surface area contributed by atoms with Crippen LogP contribution in [0, 0.1) is 0 Å². The topological polar surface area (TPSA) is 58.2 Å². The van der Waals surface area contributed by atoms with E-state index in [2.05, 4.69) is 10.0 Å². The second-order valence-electron chi connectivity index (χ2n) is 3.97. The number of hydrogen-bond acceptors (Lipinski definition) is 3. The Labute approximate surface area is 93.9 Å². The summed E-state index contributed by atoms with van der Waals surface area (Å²) in [5, 5.41) is 2.66. The molecule has 0 bridgehead atoms. The first-order valence-corrected chi connectivity index (χ1v) is 7.20. The lowest BCUT2D eigenvalue weighted by molar-refractivity contribution is 0.529. The van der Waals surface area contributed by atoms with Crippen LogP contribution in [0.15, 0.2) is 0 Å². The number of nitrogens with one attached hydrogen (secondary N) is 2. The van der Waals surface area contributed by atoms with Gasteiger partial charge in [-0.1, -0.05) is 20.3 Å². The van der Waals surface area contributed by atoms with E-state index in [9.17, 15) is 8.42 Å². The lowest BCUT2D eigenvalue weighted by Gasteiger charge is -2.18. The Morgan fingerprint density at radius 3 is 2.27 bits per heavy atom. The number of hydrogen-bond donors (Lipinski definition) is 2. The molecule has 2 N–H and O–H groups in total. The summed E-state index contributed by atoms with van der Waals surface area (Å²) >= 11 is 0. The highest BCUT2D eigenvalue weighted by molar-refractivity contribution is 7.90. The third kappa shape index (κ3) is 6.12. The van der Waals surface area contributed by atoms with Crippen molar-refractivity contribution in [1.82, 2.24) is 10.0 Å². The van der Waals surface area contributed by atoms with Gasteiger partial charge < -0.3 is 5.32 Å². The lowest BCUT2D eigenvalue weighted by Crippen LogP contribution is -2.42. The van der Waals surface area contributed by atoms with Crippen molar-refractivity contribution in [1.29, 1.82) is 0 Å². The summed E-state index contributed by atoms with van der Waals surface area (Å²) in [4.78, 5) is 0. The second-order valence-corrected chi connectivity index (χ2v) is 6.10. The lowest BCUT2D eigenvalue weighted by atomic mass is 10.2. The van der Waals surface area contributed by atoms with Crippen LogP contribution < -0.4 is 10.0 Å². The van der Waals surface area contributed by atoms with Crippen molar-refractivity contribution in [2.45, 2.75) is 51.8 Å². The molecule has 0 saturated carbocycles. The van der Waals surface area contributed by atoms with E-state index in [1.807, 2.05) is 20.8 Å². The molecule has 0 fully saturated rings. The standard InChI is InChI=1S/C10H24N2O2S/c1-5-7-9(3)12-15(13,14)10(4)8-11-6-2/h9-12H,5-8H2,1-4H3. The average molecular weight is 236 g/mol. The molecule has 0 aliphatic heterocycles. The van der Waals surface area contributed by atoms with Crippen molar-refractivity contribution < 1.29 is 8.42 Å². The molecular formula is C10H24N2O2S. The van der Waals surface area contributed by atoms with Gasteiger partial charge in [-0.2, -0.15) is 0 Å². The summed E-state index contributed by atoms with van der Waals surface area (Å²) in [5.41, 5.74) is 0. The smallest absolute Gasteiger partial charge is 0.215 e. The minimum Gasteiger partial charge on any atom is -0.316 e. The van der Waals surface area contributed by atoms with Crippen molar-refractivity contribution in [2.75, 3.05) is 13.1 Å². The molecule has 15 heavy (non-hydrogen) atoms. The molecule has 2 atom stereocenters. The normalized spacial score (nSPS) is 16.3. The van der Waals surface area contributed by atoms with E-state index in [1.54, 1.807) is 6.92 Å². The maximum atomic E-state index is 11.8. The molecule has 92 valence electrons. The maximum Gasteiger partial charge on any atom is 0.215 e. The largest absolute Gasteiger partial charge is 0.316 e. The molecule has 4 nitrogen and oxygen atoms in total. The molecule has 0 spiro atoms. The molecule has 0 aromatic heterocycles. The predicted octanol–water partition coefficient (Wildman–Crippen LogP) is 1.09. The first kappa shape index (κ1) is 14.9. The Morgan fingerprint density at radius 2 is 1.80 bits per heavy atom. The van der Waals surface area contributed by atoms with E-state index in [-0.39, 0.29) is 11.3 Å². The van der Waals surface area contributed by atoms with E-state index in [1.165, 1.54) is 0 Å². The molecule has 5 heteroatoms. The summed E-state index contributed by atoms with van der Waals surface area (Å²) in [6, 6.07) is 0.0316. The van der Waals surface area contributed by atoms with Gasteiger partial charge in [0, 0.05) is 12.6 Å². The Bertz CT molecular complexity index is 252. The monoisotopic (exact) mass is 236 g/mol. The minimum atomic E-state index is -3.17. The summed E-state index contributed by atoms with van der Waals surface area (Å²) in [6.07, 6.45) is 1.87. The van der Waals surface area contributed by atoms with Gasteiger partial charge in [-0.3, -0.25) is 0 Å². The van der Waals surface area contributed by atoms with Crippen LogP contribution in [0.4, 0.5) is 0 Å². The highest BCUT2D eigenvalue weighted by Gasteiger charge is 2.21. The predicted molar refractivity (Wildman–Crippen MR) is 64.4 cm³/mol. The van der Waals surface area contributed by atoms with Crippen molar-refractivity contribution >= 4 is 10.0 Å². The summed E-state index contributed by atoms with van der Waals surface area (Å²) in [6.45, 7) is 8.94. The van der Waals surface area contributed by atoms with Crippen LogP contribution in [0.1, 0.15) is 40.5 Å². The van der Waals surface area contributed by atoms with Crippen LogP contribution in [0.5, 0.6) is 0 Å². The van der Waals surface area contributed by atoms with Crippen molar-refractivity contribution in [3.8, 4) is 0 Å². The van der Waals surface area contributed by atoms with E-state index in [0.29, 0.717) is 6.54 Å². The molecule has 0 aromatic rings. The summed E-state index contributed by atoms with van der Waals surface area (Å²) < 4.78 is 26.2. The third-order valence-electron chi connectivity index (χ3n) is 2.30. The molecule has 0 aliphatic carbocycles. The first-order chi connectivity index (χ1) is 6.94. The van der Waals surface area contributed by atoms with Gasteiger partial charge in [0.15, 0.2) is 0 Å². The maximum absolute atomic E-state index is 11.8. The summed E-state index contributed by atoms with van der Waals surface area (Å²) in [7, 11) is -3.17. The van der Waals surface area contributed by atoms with E-state index < -0.39 is 10.0 Å². The Kier molecular flexibility index (Phi) is 7.13.